The van der Waals surface area contributed by atoms with Crippen LogP contribution >= 0.6 is 11.6 Å². The highest BCUT2D eigenvalue weighted by atomic mass is 35.5. The summed E-state index contributed by atoms with van der Waals surface area (Å²) in [5.41, 5.74) is -0.389. The smallest absolute Gasteiger partial charge is 0.219 e. The second kappa shape index (κ2) is 7.68. The van der Waals surface area contributed by atoms with Crippen molar-refractivity contribution in [3.05, 3.63) is 48.5 Å². The lowest BCUT2D eigenvalue weighted by Crippen LogP contribution is -2.38. The summed E-state index contributed by atoms with van der Waals surface area (Å²) in [5.74, 6) is 1.23. The predicted octanol–water partition coefficient (Wildman–Crippen LogP) is 3.39. The number of aliphatic hydroxyl groups excluding tert-OH is 1. The summed E-state index contributed by atoms with van der Waals surface area (Å²) in [4.78, 5) is 3.92. The normalized spacial score (nSPS) is 14.0. The molecule has 0 saturated heterocycles. The molecule has 1 aromatic heterocycles. The van der Waals surface area contributed by atoms with E-state index in [0.29, 0.717) is 16.5 Å². The highest BCUT2D eigenvalue weighted by Gasteiger charge is 2.34. The van der Waals surface area contributed by atoms with Crippen LogP contribution in [0.4, 0.5) is 0 Å². The van der Waals surface area contributed by atoms with Crippen molar-refractivity contribution < 1.29 is 14.6 Å². The van der Waals surface area contributed by atoms with Crippen LogP contribution < -0.4 is 9.47 Å². The first-order chi connectivity index (χ1) is 11.3. The average Bonchev–Trinajstić information content (AvgIpc) is 3.04. The summed E-state index contributed by atoms with van der Waals surface area (Å²) in [6, 6.07) is 7.03. The van der Waals surface area contributed by atoms with Crippen LogP contribution in [0.3, 0.4) is 0 Å². The van der Waals surface area contributed by atoms with E-state index in [1.165, 1.54) is 17.3 Å². The number of aliphatic hydroxyl groups is 1. The molecule has 6 nitrogen and oxygen atoms in total. The predicted molar refractivity (Wildman–Crippen MR) is 92.1 cm³/mol. The van der Waals surface area contributed by atoms with Crippen molar-refractivity contribution in [3.8, 4) is 11.5 Å². The van der Waals surface area contributed by atoms with E-state index in [0.717, 1.165) is 0 Å². The Morgan fingerprint density at radius 3 is 2.42 bits per heavy atom. The highest BCUT2D eigenvalue weighted by Crippen LogP contribution is 2.30. The summed E-state index contributed by atoms with van der Waals surface area (Å²) in [7, 11) is 0. The molecule has 0 spiro atoms. The standard InChI is InChI=1S/C17H22ClN3O3/c1-12(18)9-23-13-5-7-14(8-6-13)24-16(15(22)17(2,3)4)21-11-19-10-20-21/h5-8,10-11,15-16,22H,1,9H2,2-4H3. The molecular weight excluding hydrogens is 330 g/mol. The molecule has 0 aliphatic carbocycles. The van der Waals surface area contributed by atoms with Crippen LogP contribution in [-0.2, 0) is 0 Å². The van der Waals surface area contributed by atoms with Crippen LogP contribution in [-0.4, -0.2) is 32.6 Å². The number of hydrogen-bond donors (Lipinski definition) is 1. The second-order valence-corrected chi connectivity index (χ2v) is 7.01. The maximum atomic E-state index is 10.6. The van der Waals surface area contributed by atoms with Gasteiger partial charge in [-0.2, -0.15) is 5.10 Å². The molecule has 0 fully saturated rings. The summed E-state index contributed by atoms with van der Waals surface area (Å²) in [6.45, 7) is 9.61. The molecule has 2 aromatic rings. The lowest BCUT2D eigenvalue weighted by atomic mass is 9.88. The second-order valence-electron chi connectivity index (χ2n) is 6.47. The number of ether oxygens (including phenoxy) is 2. The molecule has 1 aromatic carbocycles. The maximum Gasteiger partial charge on any atom is 0.219 e. The minimum atomic E-state index is -0.783. The fourth-order valence-electron chi connectivity index (χ4n) is 1.96. The molecule has 2 atom stereocenters. The molecule has 24 heavy (non-hydrogen) atoms. The van der Waals surface area contributed by atoms with E-state index in [4.69, 9.17) is 21.1 Å². The van der Waals surface area contributed by atoms with Gasteiger partial charge in [0.15, 0.2) is 0 Å². The Morgan fingerprint density at radius 2 is 1.92 bits per heavy atom. The number of benzene rings is 1. The Balaban J connectivity index is 2.13. The monoisotopic (exact) mass is 351 g/mol. The molecule has 0 saturated carbocycles. The summed E-state index contributed by atoms with van der Waals surface area (Å²) in [5, 5.41) is 15.1. The van der Waals surface area contributed by atoms with E-state index in [1.54, 1.807) is 24.3 Å². The van der Waals surface area contributed by atoms with E-state index >= 15 is 0 Å². The number of rotatable bonds is 7. The van der Waals surface area contributed by atoms with E-state index in [2.05, 4.69) is 16.7 Å². The van der Waals surface area contributed by atoms with Gasteiger partial charge >= 0.3 is 0 Å². The zero-order valence-corrected chi connectivity index (χ0v) is 14.8. The zero-order valence-electron chi connectivity index (χ0n) is 14.0. The minimum Gasteiger partial charge on any atom is -0.488 e. The van der Waals surface area contributed by atoms with Gasteiger partial charge in [-0.3, -0.25) is 0 Å². The van der Waals surface area contributed by atoms with Gasteiger partial charge in [-0.25, -0.2) is 9.67 Å². The van der Waals surface area contributed by atoms with Gasteiger partial charge in [0, 0.05) is 5.03 Å². The molecule has 0 amide bonds. The molecule has 0 radical (unpaired) electrons. The Labute approximate surface area is 146 Å². The average molecular weight is 352 g/mol. The van der Waals surface area contributed by atoms with Crippen LogP contribution in [0.15, 0.2) is 48.5 Å². The number of hydrogen-bond acceptors (Lipinski definition) is 5. The quantitative estimate of drug-likeness (QED) is 0.828. The van der Waals surface area contributed by atoms with Crippen molar-refractivity contribution in [2.24, 2.45) is 5.41 Å². The van der Waals surface area contributed by atoms with Crippen LogP contribution in [0.5, 0.6) is 11.5 Å². The van der Waals surface area contributed by atoms with Crippen molar-refractivity contribution in [2.45, 2.75) is 33.1 Å². The first kappa shape index (κ1) is 18.3. The van der Waals surface area contributed by atoms with Crippen molar-refractivity contribution in [3.63, 3.8) is 0 Å². The summed E-state index contributed by atoms with van der Waals surface area (Å²) >= 11 is 5.67. The van der Waals surface area contributed by atoms with E-state index in [-0.39, 0.29) is 12.0 Å². The third kappa shape index (κ3) is 4.97. The van der Waals surface area contributed by atoms with Crippen molar-refractivity contribution in [1.82, 2.24) is 14.8 Å². The molecule has 2 rings (SSSR count). The van der Waals surface area contributed by atoms with E-state index < -0.39 is 12.3 Å². The van der Waals surface area contributed by atoms with E-state index in [9.17, 15) is 5.11 Å². The molecular formula is C17H22ClN3O3. The number of aromatic nitrogens is 3. The molecule has 0 aliphatic rings. The first-order valence-electron chi connectivity index (χ1n) is 7.52. The molecule has 2 unspecified atom stereocenters. The molecule has 1 heterocycles. The summed E-state index contributed by atoms with van der Waals surface area (Å²) in [6.07, 6.45) is 1.45. The van der Waals surface area contributed by atoms with Crippen LogP contribution in [0.1, 0.15) is 27.0 Å². The number of halogens is 1. The highest BCUT2D eigenvalue weighted by molar-refractivity contribution is 6.29. The zero-order chi connectivity index (χ0) is 17.7. The third-order valence-corrected chi connectivity index (χ3v) is 3.44. The van der Waals surface area contributed by atoms with Crippen molar-refractivity contribution in [2.75, 3.05) is 6.61 Å². The Bertz CT molecular complexity index is 651. The molecule has 7 heteroatoms. The van der Waals surface area contributed by atoms with E-state index in [1.807, 2.05) is 20.8 Å². The Kier molecular flexibility index (Phi) is 5.85. The maximum absolute atomic E-state index is 10.6. The lowest BCUT2D eigenvalue weighted by molar-refractivity contribution is -0.0731. The third-order valence-electron chi connectivity index (χ3n) is 3.33. The van der Waals surface area contributed by atoms with Gasteiger partial charge < -0.3 is 14.6 Å². The fourth-order valence-corrected chi connectivity index (χ4v) is 2.01. The van der Waals surface area contributed by atoms with Crippen molar-refractivity contribution in [1.29, 1.82) is 0 Å². The van der Waals surface area contributed by atoms with Crippen molar-refractivity contribution >= 4 is 11.6 Å². The van der Waals surface area contributed by atoms with Gasteiger partial charge in [0.05, 0.1) is 0 Å². The van der Waals surface area contributed by atoms with Gasteiger partial charge in [-0.15, -0.1) is 0 Å². The molecule has 130 valence electrons. The first-order valence-corrected chi connectivity index (χ1v) is 7.90. The van der Waals surface area contributed by atoms with Gasteiger partial charge in [-0.05, 0) is 29.7 Å². The largest absolute Gasteiger partial charge is 0.488 e. The van der Waals surface area contributed by atoms with Gasteiger partial charge in [0.1, 0.15) is 36.9 Å². The summed E-state index contributed by atoms with van der Waals surface area (Å²) < 4.78 is 12.9. The van der Waals surface area contributed by atoms with Crippen LogP contribution in [0.2, 0.25) is 0 Å². The minimum absolute atomic E-state index is 0.242. The Hall–Kier alpha value is -2.05. The van der Waals surface area contributed by atoms with Crippen LogP contribution in [0.25, 0.3) is 0 Å². The topological polar surface area (TPSA) is 69.4 Å². The molecule has 1 N–H and O–H groups in total. The van der Waals surface area contributed by atoms with Gasteiger partial charge in [0.25, 0.3) is 0 Å². The SMILES string of the molecule is C=C(Cl)COc1ccc(OC(C(O)C(C)(C)C)n2cncn2)cc1. The van der Waals surface area contributed by atoms with Gasteiger partial charge in [0.2, 0.25) is 6.23 Å². The Morgan fingerprint density at radius 1 is 1.29 bits per heavy atom. The van der Waals surface area contributed by atoms with Crippen LogP contribution in [0, 0.1) is 5.41 Å². The molecule has 0 bridgehead atoms. The molecule has 0 aliphatic heterocycles. The number of nitrogens with zero attached hydrogens (tertiary/aromatic N) is 3. The fraction of sp³-hybridized carbons (Fsp3) is 0.412. The lowest BCUT2D eigenvalue weighted by Gasteiger charge is -2.32. The van der Waals surface area contributed by atoms with Gasteiger partial charge in [-0.1, -0.05) is 39.0 Å².